The first-order valence-electron chi connectivity index (χ1n) is 8.89. The Kier molecular flexibility index (Phi) is 5.86. The van der Waals surface area contributed by atoms with Crippen LogP contribution >= 0.6 is 11.6 Å². The average Bonchev–Trinajstić information content (AvgIpc) is 3.11. The lowest BCUT2D eigenvalue weighted by molar-refractivity contribution is 0.292. The van der Waals surface area contributed by atoms with E-state index in [0.29, 0.717) is 34.8 Å². The summed E-state index contributed by atoms with van der Waals surface area (Å²) in [7, 11) is -2.42. The lowest BCUT2D eigenvalue weighted by Crippen LogP contribution is -2.17. The number of hydrogen-bond donors (Lipinski definition) is 1. The Morgan fingerprint density at radius 3 is 2.64 bits per heavy atom. The summed E-state index contributed by atoms with van der Waals surface area (Å²) in [5.41, 5.74) is 1.56. The highest BCUT2D eigenvalue weighted by molar-refractivity contribution is 7.92. The molecule has 2 aromatic carbocycles. The van der Waals surface area contributed by atoms with E-state index < -0.39 is 10.0 Å². The predicted molar refractivity (Wildman–Crippen MR) is 111 cm³/mol. The molecule has 1 atom stereocenters. The molecule has 1 heterocycles. The molecule has 6 nitrogen and oxygen atoms in total. The lowest BCUT2D eigenvalue weighted by Gasteiger charge is -2.16. The fourth-order valence-corrected chi connectivity index (χ4v) is 4.49. The van der Waals surface area contributed by atoms with Gasteiger partial charge >= 0.3 is 0 Å². The highest BCUT2D eigenvalue weighted by atomic mass is 35.5. The van der Waals surface area contributed by atoms with Gasteiger partial charge in [-0.15, -0.1) is 0 Å². The second kappa shape index (κ2) is 8.01. The average molecular weight is 423 g/mol. The minimum atomic E-state index is -3.90. The van der Waals surface area contributed by atoms with Crippen LogP contribution in [0.2, 0.25) is 5.02 Å². The summed E-state index contributed by atoms with van der Waals surface area (Å²) in [5, 5.41) is 0.351. The van der Waals surface area contributed by atoms with Crippen molar-refractivity contribution in [2.45, 2.75) is 31.7 Å². The summed E-state index contributed by atoms with van der Waals surface area (Å²) in [6.07, 6.45) is 0. The molecule has 1 aliphatic heterocycles. The molecular formula is C20H23ClN2O4S. The highest BCUT2D eigenvalue weighted by Crippen LogP contribution is 2.33. The van der Waals surface area contributed by atoms with E-state index in [-0.39, 0.29) is 16.6 Å². The quantitative estimate of drug-likeness (QED) is 0.754. The van der Waals surface area contributed by atoms with E-state index in [9.17, 15) is 8.42 Å². The van der Waals surface area contributed by atoms with Crippen molar-refractivity contribution in [2.24, 2.45) is 10.9 Å². The molecular weight excluding hydrogens is 400 g/mol. The Labute approximate surface area is 170 Å². The van der Waals surface area contributed by atoms with Gasteiger partial charge in [0.15, 0.2) is 0 Å². The molecule has 0 aliphatic carbocycles. The molecule has 1 aliphatic rings. The molecule has 0 amide bonds. The van der Waals surface area contributed by atoms with Gasteiger partial charge in [-0.3, -0.25) is 4.72 Å². The Hall–Kier alpha value is -2.25. The first kappa shape index (κ1) is 20.5. The summed E-state index contributed by atoms with van der Waals surface area (Å²) < 4.78 is 39.8. The lowest BCUT2D eigenvalue weighted by atomic mass is 10.1. The fraction of sp³-hybridized carbons (Fsp3) is 0.350. The number of aliphatic imine (C=N–C) groups is 1. The standard InChI is InChI=1S/C20H23ClN2O4S/c1-12(2)17-11-27-20(22-17)16-6-5-7-18(26-4)19(16)23-28(24,25)15-9-13(3)8-14(21)10-15/h5-10,12,17,23H,11H2,1-4H3/t17-/m0/s1. The van der Waals surface area contributed by atoms with Gasteiger partial charge in [-0.2, -0.15) is 0 Å². The van der Waals surface area contributed by atoms with Crippen molar-refractivity contribution in [1.82, 2.24) is 0 Å². The summed E-state index contributed by atoms with van der Waals surface area (Å²) in [6.45, 7) is 6.38. The second-order valence-corrected chi connectivity index (χ2v) is 9.13. The molecule has 3 rings (SSSR count). The van der Waals surface area contributed by atoms with Gasteiger partial charge in [0.05, 0.1) is 23.6 Å². The molecule has 150 valence electrons. The van der Waals surface area contributed by atoms with Gasteiger partial charge in [-0.25, -0.2) is 13.4 Å². The number of aryl methyl sites for hydroxylation is 1. The van der Waals surface area contributed by atoms with Crippen LogP contribution in [-0.4, -0.2) is 34.1 Å². The molecule has 0 spiro atoms. The van der Waals surface area contributed by atoms with Crippen LogP contribution < -0.4 is 9.46 Å². The number of nitrogens with one attached hydrogen (secondary N) is 1. The molecule has 0 fully saturated rings. The predicted octanol–water partition coefficient (Wildman–Crippen LogP) is 4.26. The number of halogens is 1. The third kappa shape index (κ3) is 4.25. The number of methoxy groups -OCH3 is 1. The van der Waals surface area contributed by atoms with Gasteiger partial charge in [0.2, 0.25) is 5.90 Å². The first-order chi connectivity index (χ1) is 13.2. The number of rotatable bonds is 6. The van der Waals surface area contributed by atoms with Crippen LogP contribution in [0.25, 0.3) is 0 Å². The zero-order chi connectivity index (χ0) is 20.5. The molecule has 0 aromatic heterocycles. The summed E-state index contributed by atoms with van der Waals surface area (Å²) >= 11 is 6.04. The number of ether oxygens (including phenoxy) is 2. The van der Waals surface area contributed by atoms with Gasteiger partial charge in [0.25, 0.3) is 10.0 Å². The maximum absolute atomic E-state index is 13.0. The van der Waals surface area contributed by atoms with Crippen molar-refractivity contribution in [2.75, 3.05) is 18.4 Å². The Bertz CT molecular complexity index is 999. The zero-order valence-electron chi connectivity index (χ0n) is 16.2. The molecule has 28 heavy (non-hydrogen) atoms. The minimum Gasteiger partial charge on any atom is -0.495 e. The van der Waals surface area contributed by atoms with Crippen LogP contribution in [0.1, 0.15) is 25.0 Å². The van der Waals surface area contributed by atoms with Crippen LogP contribution in [0.3, 0.4) is 0 Å². The first-order valence-corrected chi connectivity index (χ1v) is 10.8. The molecule has 0 saturated heterocycles. The van der Waals surface area contributed by atoms with Crippen LogP contribution in [0, 0.1) is 12.8 Å². The Morgan fingerprint density at radius 2 is 2.04 bits per heavy atom. The molecule has 0 unspecified atom stereocenters. The zero-order valence-corrected chi connectivity index (χ0v) is 17.8. The molecule has 0 saturated carbocycles. The highest BCUT2D eigenvalue weighted by Gasteiger charge is 2.27. The molecule has 8 heteroatoms. The third-order valence-corrected chi connectivity index (χ3v) is 6.03. The van der Waals surface area contributed by atoms with E-state index in [1.165, 1.54) is 13.2 Å². The van der Waals surface area contributed by atoms with Gasteiger partial charge in [0.1, 0.15) is 18.0 Å². The van der Waals surface area contributed by atoms with Crippen molar-refractivity contribution >= 4 is 33.2 Å². The molecule has 2 aromatic rings. The van der Waals surface area contributed by atoms with E-state index in [0.717, 1.165) is 5.56 Å². The minimum absolute atomic E-state index is 0.0289. The third-order valence-electron chi connectivity index (χ3n) is 4.48. The van der Waals surface area contributed by atoms with Gasteiger partial charge in [-0.05, 0) is 48.7 Å². The van der Waals surface area contributed by atoms with E-state index in [1.807, 2.05) is 0 Å². The summed E-state index contributed by atoms with van der Waals surface area (Å²) in [4.78, 5) is 4.68. The van der Waals surface area contributed by atoms with E-state index >= 15 is 0 Å². The summed E-state index contributed by atoms with van der Waals surface area (Å²) in [6, 6.07) is 9.89. The van der Waals surface area contributed by atoms with Crippen molar-refractivity contribution in [3.8, 4) is 5.75 Å². The van der Waals surface area contributed by atoms with Crippen LogP contribution in [0.4, 0.5) is 5.69 Å². The van der Waals surface area contributed by atoms with Crippen LogP contribution in [-0.2, 0) is 14.8 Å². The van der Waals surface area contributed by atoms with Gasteiger partial charge < -0.3 is 9.47 Å². The van der Waals surface area contributed by atoms with Crippen LogP contribution in [0.15, 0.2) is 46.3 Å². The number of sulfonamides is 1. The molecule has 0 bridgehead atoms. The Balaban J connectivity index is 2.05. The number of nitrogens with zero attached hydrogens (tertiary/aromatic N) is 1. The SMILES string of the molecule is COc1cccc(C2=N[C@H](C(C)C)CO2)c1NS(=O)(=O)c1cc(C)cc(Cl)c1. The molecule has 0 radical (unpaired) electrons. The number of hydrogen-bond acceptors (Lipinski definition) is 5. The van der Waals surface area contributed by atoms with Crippen molar-refractivity contribution in [3.05, 3.63) is 52.5 Å². The maximum atomic E-state index is 13.0. The molecule has 1 N–H and O–H groups in total. The maximum Gasteiger partial charge on any atom is 0.262 e. The number of para-hydroxylation sites is 1. The normalized spacial score (nSPS) is 16.6. The Morgan fingerprint density at radius 1 is 1.29 bits per heavy atom. The number of anilines is 1. The van der Waals surface area contributed by atoms with Crippen molar-refractivity contribution < 1.29 is 17.9 Å². The smallest absolute Gasteiger partial charge is 0.262 e. The fourth-order valence-electron chi connectivity index (χ4n) is 2.91. The van der Waals surface area contributed by atoms with Crippen LogP contribution in [0.5, 0.6) is 5.75 Å². The van der Waals surface area contributed by atoms with E-state index in [1.54, 1.807) is 37.3 Å². The van der Waals surface area contributed by atoms with E-state index in [2.05, 4.69) is 23.6 Å². The second-order valence-electron chi connectivity index (χ2n) is 7.01. The van der Waals surface area contributed by atoms with E-state index in [4.69, 9.17) is 21.1 Å². The topological polar surface area (TPSA) is 77.0 Å². The largest absolute Gasteiger partial charge is 0.495 e. The number of benzene rings is 2. The monoisotopic (exact) mass is 422 g/mol. The van der Waals surface area contributed by atoms with Crippen molar-refractivity contribution in [3.63, 3.8) is 0 Å². The van der Waals surface area contributed by atoms with Gasteiger partial charge in [-0.1, -0.05) is 31.5 Å². The summed E-state index contributed by atoms with van der Waals surface area (Å²) in [5.74, 6) is 1.09. The van der Waals surface area contributed by atoms with Gasteiger partial charge in [0, 0.05) is 5.02 Å². The van der Waals surface area contributed by atoms with Crippen molar-refractivity contribution in [1.29, 1.82) is 0 Å².